The highest BCUT2D eigenvalue weighted by molar-refractivity contribution is 6.31. The monoisotopic (exact) mass is 285 g/mol. The third kappa shape index (κ3) is 4.87. The fourth-order valence-corrected chi connectivity index (χ4v) is 1.77. The van der Waals surface area contributed by atoms with Crippen LogP contribution in [0.5, 0.6) is 0 Å². The smallest absolute Gasteiger partial charge is 0.345 e. The molecule has 0 radical (unpaired) electrons. The van der Waals surface area contributed by atoms with Crippen molar-refractivity contribution in [1.82, 2.24) is 0 Å². The fraction of sp³-hybridized carbons (Fsp3) is 0.462. The fourth-order valence-electron chi connectivity index (χ4n) is 1.60. The average molecular weight is 286 g/mol. The molecule has 104 valence electrons. The van der Waals surface area contributed by atoms with Gasteiger partial charge in [0.2, 0.25) is 0 Å². The average Bonchev–Trinajstić information content (AvgIpc) is 2.37. The molecule has 0 saturated heterocycles. The van der Waals surface area contributed by atoms with Gasteiger partial charge in [0, 0.05) is 11.1 Å². The number of rotatable bonds is 7. The highest BCUT2D eigenvalue weighted by Gasteiger charge is 2.21. The van der Waals surface area contributed by atoms with Crippen LogP contribution in [0.4, 0.5) is 5.69 Å². The molecule has 0 spiro atoms. The second kappa shape index (κ2) is 7.74. The van der Waals surface area contributed by atoms with Gasteiger partial charge in [-0.15, -0.1) is 0 Å². The van der Waals surface area contributed by atoms with E-state index in [9.17, 15) is 14.9 Å². The van der Waals surface area contributed by atoms with Crippen LogP contribution in [0.3, 0.4) is 0 Å². The Morgan fingerprint density at radius 1 is 1.37 bits per heavy atom. The number of benzene rings is 1. The Morgan fingerprint density at radius 2 is 2.11 bits per heavy atom. The van der Waals surface area contributed by atoms with Crippen LogP contribution in [-0.2, 0) is 4.74 Å². The van der Waals surface area contributed by atoms with Gasteiger partial charge in [-0.2, -0.15) is 0 Å². The van der Waals surface area contributed by atoms with E-state index >= 15 is 0 Å². The summed E-state index contributed by atoms with van der Waals surface area (Å²) in [5, 5.41) is 11.1. The first-order valence-electron chi connectivity index (χ1n) is 6.17. The normalized spacial score (nSPS) is 10.2. The Bertz CT molecular complexity index is 462. The van der Waals surface area contributed by atoms with Crippen molar-refractivity contribution in [3.05, 3.63) is 38.9 Å². The predicted molar refractivity (Wildman–Crippen MR) is 72.5 cm³/mol. The van der Waals surface area contributed by atoms with Crippen LogP contribution in [0.2, 0.25) is 5.02 Å². The number of nitro groups is 1. The molecule has 0 saturated carbocycles. The van der Waals surface area contributed by atoms with Crippen molar-refractivity contribution in [3.8, 4) is 0 Å². The number of hydrogen-bond acceptors (Lipinski definition) is 4. The summed E-state index contributed by atoms with van der Waals surface area (Å²) >= 11 is 5.74. The van der Waals surface area contributed by atoms with E-state index in [-0.39, 0.29) is 22.9 Å². The van der Waals surface area contributed by atoms with Crippen molar-refractivity contribution >= 4 is 23.3 Å². The predicted octanol–water partition coefficient (Wildman–Crippen LogP) is 3.99. The Kier molecular flexibility index (Phi) is 6.29. The van der Waals surface area contributed by atoms with E-state index < -0.39 is 10.9 Å². The van der Waals surface area contributed by atoms with Gasteiger partial charge in [0.25, 0.3) is 5.69 Å². The first-order valence-corrected chi connectivity index (χ1v) is 6.55. The van der Waals surface area contributed by atoms with Gasteiger partial charge in [-0.05, 0) is 18.6 Å². The molecule has 5 nitrogen and oxygen atoms in total. The minimum absolute atomic E-state index is 0.104. The van der Waals surface area contributed by atoms with E-state index in [2.05, 4.69) is 6.92 Å². The quantitative estimate of drug-likeness (QED) is 0.329. The number of nitrogens with zero attached hydrogens (tertiary/aromatic N) is 1. The number of halogens is 1. The Hall–Kier alpha value is -1.62. The van der Waals surface area contributed by atoms with E-state index in [0.29, 0.717) is 0 Å². The largest absolute Gasteiger partial charge is 0.462 e. The van der Waals surface area contributed by atoms with E-state index in [1.165, 1.54) is 18.2 Å². The molecule has 0 heterocycles. The number of unbranched alkanes of at least 4 members (excludes halogenated alkanes) is 3. The number of nitro benzene ring substituents is 1. The van der Waals surface area contributed by atoms with Crippen molar-refractivity contribution in [2.45, 2.75) is 32.6 Å². The molecular formula is C13H16ClNO4. The first-order chi connectivity index (χ1) is 9.06. The number of ether oxygens (including phenoxy) is 1. The highest BCUT2D eigenvalue weighted by atomic mass is 35.5. The maximum atomic E-state index is 11.8. The molecular weight excluding hydrogens is 270 g/mol. The number of esters is 1. The lowest BCUT2D eigenvalue weighted by Gasteiger charge is -2.05. The van der Waals surface area contributed by atoms with Crippen molar-refractivity contribution in [1.29, 1.82) is 0 Å². The molecule has 0 aliphatic heterocycles. The zero-order chi connectivity index (χ0) is 14.3. The third-order valence-corrected chi connectivity index (χ3v) is 2.84. The maximum Gasteiger partial charge on any atom is 0.345 e. The zero-order valence-corrected chi connectivity index (χ0v) is 11.5. The molecule has 1 rings (SSSR count). The van der Waals surface area contributed by atoms with Gasteiger partial charge in [0.15, 0.2) is 0 Å². The molecule has 0 unspecified atom stereocenters. The van der Waals surface area contributed by atoms with E-state index in [0.717, 1.165) is 25.7 Å². The lowest BCUT2D eigenvalue weighted by atomic mass is 10.2. The van der Waals surface area contributed by atoms with Crippen molar-refractivity contribution in [2.75, 3.05) is 6.61 Å². The molecule has 1 aromatic carbocycles. The topological polar surface area (TPSA) is 69.4 Å². The lowest BCUT2D eigenvalue weighted by molar-refractivity contribution is -0.385. The van der Waals surface area contributed by atoms with Gasteiger partial charge in [0.05, 0.1) is 11.5 Å². The van der Waals surface area contributed by atoms with Crippen molar-refractivity contribution < 1.29 is 14.5 Å². The standard InChI is InChI=1S/C13H16ClNO4/c1-2-3-4-5-8-19-13(16)11-9-10(14)6-7-12(11)15(17)18/h6-7,9H,2-5,8H2,1H3. The molecule has 6 heteroatoms. The second-order valence-electron chi connectivity index (χ2n) is 4.12. The summed E-state index contributed by atoms with van der Waals surface area (Å²) in [5.74, 6) is -0.703. The van der Waals surface area contributed by atoms with E-state index in [4.69, 9.17) is 16.3 Å². The minimum Gasteiger partial charge on any atom is -0.462 e. The molecule has 0 fully saturated rings. The number of hydrogen-bond donors (Lipinski definition) is 0. The second-order valence-corrected chi connectivity index (χ2v) is 4.55. The number of carbonyl (C=O) groups excluding carboxylic acids is 1. The Balaban J connectivity index is 2.65. The minimum atomic E-state index is -0.703. The lowest BCUT2D eigenvalue weighted by Crippen LogP contribution is -2.09. The van der Waals surface area contributed by atoms with Gasteiger partial charge < -0.3 is 4.74 Å². The molecule has 19 heavy (non-hydrogen) atoms. The Labute approximate surface area is 116 Å². The van der Waals surface area contributed by atoms with Gasteiger partial charge in [-0.1, -0.05) is 37.8 Å². The van der Waals surface area contributed by atoms with E-state index in [1.54, 1.807) is 0 Å². The summed E-state index contributed by atoms with van der Waals surface area (Å²) in [6.45, 7) is 2.35. The van der Waals surface area contributed by atoms with Crippen LogP contribution >= 0.6 is 11.6 Å². The molecule has 0 aliphatic rings. The van der Waals surface area contributed by atoms with Crippen LogP contribution in [0.1, 0.15) is 43.0 Å². The molecule has 0 amide bonds. The van der Waals surface area contributed by atoms with Crippen molar-refractivity contribution in [2.24, 2.45) is 0 Å². The summed E-state index contributed by atoms with van der Waals surface area (Å²) in [6, 6.07) is 3.84. The van der Waals surface area contributed by atoms with Gasteiger partial charge in [-0.3, -0.25) is 10.1 Å². The van der Waals surface area contributed by atoms with Crippen LogP contribution in [0, 0.1) is 10.1 Å². The maximum absolute atomic E-state index is 11.8. The SMILES string of the molecule is CCCCCCOC(=O)c1cc(Cl)ccc1[N+](=O)[O-]. The summed E-state index contributed by atoms with van der Waals surface area (Å²) in [6.07, 6.45) is 3.90. The Morgan fingerprint density at radius 3 is 2.74 bits per heavy atom. The molecule has 0 bridgehead atoms. The molecule has 0 N–H and O–H groups in total. The van der Waals surface area contributed by atoms with Crippen LogP contribution in [-0.4, -0.2) is 17.5 Å². The van der Waals surface area contributed by atoms with Gasteiger partial charge >= 0.3 is 5.97 Å². The van der Waals surface area contributed by atoms with Gasteiger partial charge in [0.1, 0.15) is 5.56 Å². The zero-order valence-electron chi connectivity index (χ0n) is 10.7. The summed E-state index contributed by atoms with van der Waals surface area (Å²) in [4.78, 5) is 22.0. The summed E-state index contributed by atoms with van der Waals surface area (Å²) in [7, 11) is 0. The van der Waals surface area contributed by atoms with Crippen LogP contribution in [0.25, 0.3) is 0 Å². The van der Waals surface area contributed by atoms with Crippen molar-refractivity contribution in [3.63, 3.8) is 0 Å². The highest BCUT2D eigenvalue weighted by Crippen LogP contribution is 2.23. The molecule has 0 aliphatic carbocycles. The van der Waals surface area contributed by atoms with E-state index in [1.807, 2.05) is 0 Å². The number of carbonyl (C=O) groups is 1. The van der Waals surface area contributed by atoms with Gasteiger partial charge in [-0.25, -0.2) is 4.79 Å². The van der Waals surface area contributed by atoms with Crippen LogP contribution in [0.15, 0.2) is 18.2 Å². The van der Waals surface area contributed by atoms with Crippen LogP contribution < -0.4 is 0 Å². The summed E-state index contributed by atoms with van der Waals surface area (Å²) < 4.78 is 5.02. The molecule has 0 atom stereocenters. The first kappa shape index (κ1) is 15.4. The third-order valence-electron chi connectivity index (χ3n) is 2.61. The summed E-state index contributed by atoms with van der Waals surface area (Å²) in [5.41, 5.74) is -0.393. The molecule has 0 aromatic heterocycles. The molecule has 1 aromatic rings.